The van der Waals surface area contributed by atoms with Gasteiger partial charge in [0.15, 0.2) is 5.78 Å². The molecule has 0 aromatic rings. The molecule has 1 aliphatic carbocycles. The van der Waals surface area contributed by atoms with Crippen LogP contribution >= 0.6 is 0 Å². The molecular weight excluding hydrogens is 144 g/mol. The molecule has 3 heteroatoms. The highest BCUT2D eigenvalue weighted by molar-refractivity contribution is 6.06. The lowest BCUT2D eigenvalue weighted by atomic mass is 10.2. The number of allylic oxidation sites excluding steroid dienone is 1. The van der Waals surface area contributed by atoms with Gasteiger partial charge in [0.25, 0.3) is 0 Å². The average Bonchev–Trinajstić information content (AvgIpc) is 2.32. The predicted molar refractivity (Wildman–Crippen MR) is 39.0 cm³/mol. The molecule has 0 atom stereocenters. The smallest absolute Gasteiger partial charge is 0.334 e. The van der Waals surface area contributed by atoms with Gasteiger partial charge >= 0.3 is 5.97 Å². The fraction of sp³-hybridized carbons (Fsp3) is 0.500. The number of ether oxygens (including phenoxy) is 1. The van der Waals surface area contributed by atoms with E-state index in [1.807, 2.05) is 0 Å². The van der Waals surface area contributed by atoms with Crippen LogP contribution in [-0.2, 0) is 14.3 Å². The summed E-state index contributed by atoms with van der Waals surface area (Å²) in [7, 11) is 1.32. The maximum atomic E-state index is 10.9. The van der Waals surface area contributed by atoms with E-state index in [-0.39, 0.29) is 11.8 Å². The molecule has 0 N–H and O–H groups in total. The summed E-state index contributed by atoms with van der Waals surface area (Å²) in [5.74, 6) is -0.307. The summed E-state index contributed by atoms with van der Waals surface area (Å²) in [6, 6.07) is 0. The zero-order valence-corrected chi connectivity index (χ0v) is 6.64. The second-order valence-corrected chi connectivity index (χ2v) is 2.52. The van der Waals surface area contributed by atoms with E-state index in [0.717, 1.165) is 0 Å². The topological polar surface area (TPSA) is 43.4 Å². The summed E-state index contributed by atoms with van der Waals surface area (Å²) in [5.41, 5.74) is 1.11. The molecule has 0 saturated carbocycles. The van der Waals surface area contributed by atoms with Gasteiger partial charge in [0.2, 0.25) is 0 Å². The second kappa shape index (κ2) is 2.86. The van der Waals surface area contributed by atoms with Gasteiger partial charge in [-0.15, -0.1) is 0 Å². The van der Waals surface area contributed by atoms with Gasteiger partial charge in [0.1, 0.15) is 0 Å². The van der Waals surface area contributed by atoms with Crippen LogP contribution in [0.25, 0.3) is 0 Å². The van der Waals surface area contributed by atoms with Crippen LogP contribution in [0.3, 0.4) is 0 Å². The van der Waals surface area contributed by atoms with E-state index in [1.54, 1.807) is 6.92 Å². The molecule has 11 heavy (non-hydrogen) atoms. The van der Waals surface area contributed by atoms with Crippen molar-refractivity contribution in [2.24, 2.45) is 0 Å². The first kappa shape index (κ1) is 7.98. The van der Waals surface area contributed by atoms with E-state index in [4.69, 9.17) is 0 Å². The third-order valence-electron chi connectivity index (χ3n) is 1.90. The van der Waals surface area contributed by atoms with Gasteiger partial charge in [-0.05, 0) is 13.3 Å². The summed E-state index contributed by atoms with van der Waals surface area (Å²) >= 11 is 0. The van der Waals surface area contributed by atoms with Gasteiger partial charge in [-0.1, -0.05) is 0 Å². The predicted octanol–water partition coefficient (Wildman–Crippen LogP) is 0.839. The molecule has 0 fully saturated rings. The molecule has 0 spiro atoms. The van der Waals surface area contributed by atoms with Crippen LogP contribution in [0.1, 0.15) is 19.8 Å². The van der Waals surface area contributed by atoms with Crippen molar-refractivity contribution in [1.82, 2.24) is 0 Å². The molecule has 0 unspecified atom stereocenters. The number of methoxy groups -OCH3 is 1. The minimum atomic E-state index is -0.367. The third-order valence-corrected chi connectivity index (χ3v) is 1.90. The largest absolute Gasteiger partial charge is 0.466 e. The minimum Gasteiger partial charge on any atom is -0.466 e. The number of hydrogen-bond donors (Lipinski definition) is 0. The van der Waals surface area contributed by atoms with E-state index in [1.165, 1.54) is 7.11 Å². The number of rotatable bonds is 1. The van der Waals surface area contributed by atoms with Crippen LogP contribution in [0, 0.1) is 0 Å². The van der Waals surface area contributed by atoms with Crippen LogP contribution < -0.4 is 0 Å². The van der Waals surface area contributed by atoms with Crippen LogP contribution in [0.5, 0.6) is 0 Å². The SMILES string of the molecule is COC(=O)C1=C(C)C(=O)CC1. The Morgan fingerprint density at radius 1 is 1.45 bits per heavy atom. The average molecular weight is 154 g/mol. The number of ketones is 1. The highest BCUT2D eigenvalue weighted by Crippen LogP contribution is 2.22. The van der Waals surface area contributed by atoms with E-state index in [9.17, 15) is 9.59 Å². The van der Waals surface area contributed by atoms with E-state index < -0.39 is 0 Å². The number of hydrogen-bond acceptors (Lipinski definition) is 3. The molecule has 1 rings (SSSR count). The summed E-state index contributed by atoms with van der Waals surface area (Å²) in [6.07, 6.45) is 0.994. The minimum absolute atomic E-state index is 0.0606. The third kappa shape index (κ3) is 1.31. The van der Waals surface area contributed by atoms with Crippen molar-refractivity contribution in [3.05, 3.63) is 11.1 Å². The summed E-state index contributed by atoms with van der Waals surface area (Å²) in [4.78, 5) is 21.9. The molecule has 0 bridgehead atoms. The normalized spacial score (nSPS) is 17.5. The van der Waals surface area contributed by atoms with Gasteiger partial charge < -0.3 is 4.74 Å². The molecule has 0 amide bonds. The Balaban J connectivity index is 2.88. The van der Waals surface area contributed by atoms with E-state index in [0.29, 0.717) is 24.0 Å². The van der Waals surface area contributed by atoms with Crippen molar-refractivity contribution in [2.45, 2.75) is 19.8 Å². The van der Waals surface area contributed by atoms with Crippen molar-refractivity contribution >= 4 is 11.8 Å². The van der Waals surface area contributed by atoms with Crippen molar-refractivity contribution in [3.63, 3.8) is 0 Å². The number of carbonyl (C=O) groups excluding carboxylic acids is 2. The van der Waals surface area contributed by atoms with Gasteiger partial charge in [0, 0.05) is 17.6 Å². The first-order valence-corrected chi connectivity index (χ1v) is 3.48. The van der Waals surface area contributed by atoms with Gasteiger partial charge in [-0.25, -0.2) is 4.79 Å². The zero-order chi connectivity index (χ0) is 8.43. The molecule has 0 heterocycles. The molecule has 1 aliphatic rings. The van der Waals surface area contributed by atoms with Crippen LogP contribution in [-0.4, -0.2) is 18.9 Å². The molecule has 0 aromatic carbocycles. The highest BCUT2D eigenvalue weighted by Gasteiger charge is 2.24. The quantitative estimate of drug-likeness (QED) is 0.525. The molecular formula is C8H10O3. The lowest BCUT2D eigenvalue weighted by Crippen LogP contribution is -2.04. The number of Topliss-reactive ketones (excluding diaryl/α,β-unsaturated/α-hetero) is 1. The molecule has 0 radical (unpaired) electrons. The Labute approximate surface area is 65.0 Å². The zero-order valence-electron chi connectivity index (χ0n) is 6.64. The van der Waals surface area contributed by atoms with E-state index >= 15 is 0 Å². The Kier molecular flexibility index (Phi) is 2.08. The fourth-order valence-electron chi connectivity index (χ4n) is 1.16. The summed E-state index contributed by atoms with van der Waals surface area (Å²) < 4.78 is 4.50. The number of esters is 1. The summed E-state index contributed by atoms with van der Waals surface area (Å²) in [6.45, 7) is 1.67. The van der Waals surface area contributed by atoms with Crippen LogP contribution in [0.15, 0.2) is 11.1 Å². The Morgan fingerprint density at radius 2 is 2.09 bits per heavy atom. The van der Waals surface area contributed by atoms with Crippen molar-refractivity contribution in [2.75, 3.05) is 7.11 Å². The van der Waals surface area contributed by atoms with Gasteiger partial charge in [-0.3, -0.25) is 4.79 Å². The Morgan fingerprint density at radius 3 is 2.45 bits per heavy atom. The second-order valence-electron chi connectivity index (χ2n) is 2.52. The highest BCUT2D eigenvalue weighted by atomic mass is 16.5. The van der Waals surface area contributed by atoms with Gasteiger partial charge in [0.05, 0.1) is 7.11 Å². The maximum absolute atomic E-state index is 10.9. The lowest BCUT2D eigenvalue weighted by Gasteiger charge is -1.98. The van der Waals surface area contributed by atoms with E-state index in [2.05, 4.69) is 4.74 Å². The molecule has 0 aromatic heterocycles. The van der Waals surface area contributed by atoms with Crippen LogP contribution in [0.2, 0.25) is 0 Å². The first-order chi connectivity index (χ1) is 5.16. The van der Waals surface area contributed by atoms with Crippen molar-refractivity contribution in [1.29, 1.82) is 0 Å². The monoisotopic (exact) mass is 154 g/mol. The van der Waals surface area contributed by atoms with Gasteiger partial charge in [-0.2, -0.15) is 0 Å². The lowest BCUT2D eigenvalue weighted by molar-refractivity contribution is -0.136. The van der Waals surface area contributed by atoms with Crippen molar-refractivity contribution in [3.8, 4) is 0 Å². The Hall–Kier alpha value is -1.12. The van der Waals surface area contributed by atoms with Crippen LogP contribution in [0.4, 0.5) is 0 Å². The molecule has 60 valence electrons. The Bertz CT molecular complexity index is 238. The number of carbonyl (C=O) groups is 2. The molecule has 0 aliphatic heterocycles. The van der Waals surface area contributed by atoms with Crippen molar-refractivity contribution < 1.29 is 14.3 Å². The molecule has 3 nitrogen and oxygen atoms in total. The molecule has 0 saturated heterocycles. The summed E-state index contributed by atoms with van der Waals surface area (Å²) in [5, 5.41) is 0. The fourth-order valence-corrected chi connectivity index (χ4v) is 1.16. The standard InChI is InChI=1S/C8H10O3/c1-5-6(8(10)11-2)3-4-7(5)9/h3-4H2,1-2H3. The maximum Gasteiger partial charge on any atom is 0.334 e. The first-order valence-electron chi connectivity index (χ1n) is 3.48.